The number of methoxy groups -OCH3 is 2. The molecular formula is C24H32N4O4. The van der Waals surface area contributed by atoms with Gasteiger partial charge in [-0.2, -0.15) is 0 Å². The zero-order chi connectivity index (χ0) is 22.8. The molecule has 2 aromatic rings. The summed E-state index contributed by atoms with van der Waals surface area (Å²) in [5.41, 5.74) is 2.03. The number of carbonyl (C=O) groups is 2. The van der Waals surface area contributed by atoms with Gasteiger partial charge < -0.3 is 25.0 Å². The highest BCUT2D eigenvalue weighted by atomic mass is 16.5. The standard InChI is InChI=1S/C24H32N4O4/c1-31-21-10-8-20(9-11-21)28-16-14-27(15-17-28)13-5-12-25-23(29)24(30)26-18-19-6-3-4-7-22(19)32-2/h3-4,6-11H,5,12-18H2,1-2H3,(H,25,29)(H,26,30). The summed E-state index contributed by atoms with van der Waals surface area (Å²) in [6, 6.07) is 15.5. The van der Waals surface area contributed by atoms with Gasteiger partial charge >= 0.3 is 11.8 Å². The molecule has 1 fully saturated rings. The predicted octanol–water partition coefficient (Wildman–Crippen LogP) is 1.65. The average molecular weight is 441 g/mol. The first-order valence-electron chi connectivity index (χ1n) is 10.9. The summed E-state index contributed by atoms with van der Waals surface area (Å²) in [7, 11) is 3.25. The van der Waals surface area contributed by atoms with Crippen LogP contribution in [0, 0.1) is 0 Å². The minimum atomic E-state index is -0.635. The van der Waals surface area contributed by atoms with Gasteiger partial charge in [0, 0.05) is 50.5 Å². The van der Waals surface area contributed by atoms with Gasteiger partial charge in [-0.25, -0.2) is 0 Å². The van der Waals surface area contributed by atoms with Gasteiger partial charge in [-0.05, 0) is 43.3 Å². The van der Waals surface area contributed by atoms with Crippen LogP contribution in [0.5, 0.6) is 11.5 Å². The molecule has 0 unspecified atom stereocenters. The Hall–Kier alpha value is -3.26. The van der Waals surface area contributed by atoms with Gasteiger partial charge in [-0.15, -0.1) is 0 Å². The number of hydrogen-bond donors (Lipinski definition) is 2. The summed E-state index contributed by atoms with van der Waals surface area (Å²) in [5.74, 6) is 0.302. The van der Waals surface area contributed by atoms with E-state index in [4.69, 9.17) is 9.47 Å². The first-order chi connectivity index (χ1) is 15.6. The molecule has 3 rings (SSSR count). The normalized spacial score (nSPS) is 14.0. The van der Waals surface area contributed by atoms with E-state index >= 15 is 0 Å². The lowest BCUT2D eigenvalue weighted by atomic mass is 10.2. The summed E-state index contributed by atoms with van der Waals surface area (Å²) in [6.45, 7) is 5.47. The van der Waals surface area contributed by atoms with Crippen LogP contribution in [0.4, 0.5) is 5.69 Å². The van der Waals surface area contributed by atoms with Gasteiger partial charge in [-0.1, -0.05) is 18.2 Å². The third kappa shape index (κ3) is 6.62. The molecule has 0 bridgehead atoms. The molecule has 1 heterocycles. The van der Waals surface area contributed by atoms with Gasteiger partial charge in [0.25, 0.3) is 0 Å². The molecule has 2 amide bonds. The topological polar surface area (TPSA) is 83.1 Å². The van der Waals surface area contributed by atoms with Crippen LogP contribution in [-0.4, -0.2) is 70.2 Å². The molecule has 0 atom stereocenters. The zero-order valence-corrected chi connectivity index (χ0v) is 18.8. The molecule has 8 nitrogen and oxygen atoms in total. The van der Waals surface area contributed by atoms with E-state index in [0.717, 1.165) is 50.5 Å². The van der Waals surface area contributed by atoms with Crippen molar-refractivity contribution in [1.29, 1.82) is 0 Å². The molecule has 2 aromatic carbocycles. The molecule has 0 aromatic heterocycles. The van der Waals surface area contributed by atoms with Crippen LogP contribution in [0.15, 0.2) is 48.5 Å². The van der Waals surface area contributed by atoms with Crippen molar-refractivity contribution in [1.82, 2.24) is 15.5 Å². The quantitative estimate of drug-likeness (QED) is 0.456. The first-order valence-corrected chi connectivity index (χ1v) is 10.9. The van der Waals surface area contributed by atoms with Crippen molar-refractivity contribution in [2.24, 2.45) is 0 Å². The number of amides is 2. The average Bonchev–Trinajstić information content (AvgIpc) is 2.85. The third-order valence-corrected chi connectivity index (χ3v) is 5.58. The lowest BCUT2D eigenvalue weighted by Crippen LogP contribution is -2.47. The van der Waals surface area contributed by atoms with Crippen LogP contribution in [0.3, 0.4) is 0 Å². The Morgan fingerprint density at radius 1 is 0.875 bits per heavy atom. The van der Waals surface area contributed by atoms with Crippen LogP contribution >= 0.6 is 0 Å². The second-order valence-corrected chi connectivity index (χ2v) is 7.63. The SMILES string of the molecule is COc1ccc(N2CCN(CCCNC(=O)C(=O)NCc3ccccc3OC)CC2)cc1. The van der Waals surface area contributed by atoms with Crippen molar-refractivity contribution < 1.29 is 19.1 Å². The molecule has 1 aliphatic heterocycles. The van der Waals surface area contributed by atoms with E-state index in [1.54, 1.807) is 14.2 Å². The molecule has 172 valence electrons. The van der Waals surface area contributed by atoms with E-state index in [-0.39, 0.29) is 6.54 Å². The van der Waals surface area contributed by atoms with Gasteiger partial charge in [0.15, 0.2) is 0 Å². The van der Waals surface area contributed by atoms with E-state index in [1.807, 2.05) is 36.4 Å². The number of ether oxygens (including phenoxy) is 2. The number of para-hydroxylation sites is 1. The van der Waals surface area contributed by atoms with Gasteiger partial charge in [0.2, 0.25) is 0 Å². The number of piperazine rings is 1. The fourth-order valence-corrected chi connectivity index (χ4v) is 3.71. The number of nitrogens with zero attached hydrogens (tertiary/aromatic N) is 2. The van der Waals surface area contributed by atoms with Gasteiger partial charge in [0.05, 0.1) is 14.2 Å². The third-order valence-electron chi connectivity index (χ3n) is 5.58. The Balaban J connectivity index is 1.30. The molecule has 0 radical (unpaired) electrons. The van der Waals surface area contributed by atoms with E-state index in [9.17, 15) is 9.59 Å². The highest BCUT2D eigenvalue weighted by Crippen LogP contribution is 2.20. The van der Waals surface area contributed by atoms with E-state index in [0.29, 0.717) is 12.3 Å². The number of hydrogen-bond acceptors (Lipinski definition) is 6. The Kier molecular flexibility index (Phi) is 8.74. The Morgan fingerprint density at radius 2 is 1.56 bits per heavy atom. The largest absolute Gasteiger partial charge is 0.497 e. The highest BCUT2D eigenvalue weighted by molar-refractivity contribution is 6.35. The number of rotatable bonds is 9. The van der Waals surface area contributed by atoms with Crippen molar-refractivity contribution in [3.63, 3.8) is 0 Å². The maximum absolute atomic E-state index is 12.0. The van der Waals surface area contributed by atoms with Gasteiger partial charge in [-0.3, -0.25) is 14.5 Å². The molecule has 1 aliphatic rings. The molecular weight excluding hydrogens is 408 g/mol. The molecule has 1 saturated heterocycles. The Labute approximate surface area is 189 Å². The predicted molar refractivity (Wildman–Crippen MR) is 124 cm³/mol. The Morgan fingerprint density at radius 3 is 2.25 bits per heavy atom. The van der Waals surface area contributed by atoms with E-state index in [1.165, 1.54) is 5.69 Å². The minimum absolute atomic E-state index is 0.245. The van der Waals surface area contributed by atoms with Crippen LogP contribution in [0.1, 0.15) is 12.0 Å². The van der Waals surface area contributed by atoms with Crippen LogP contribution < -0.4 is 25.0 Å². The fraction of sp³-hybridized carbons (Fsp3) is 0.417. The van der Waals surface area contributed by atoms with E-state index in [2.05, 4.69) is 32.6 Å². The molecule has 0 aliphatic carbocycles. The number of anilines is 1. The summed E-state index contributed by atoms with van der Waals surface area (Å²) in [5, 5.41) is 5.34. The summed E-state index contributed by atoms with van der Waals surface area (Å²) >= 11 is 0. The first kappa shape index (κ1) is 23.4. The van der Waals surface area contributed by atoms with E-state index < -0.39 is 11.8 Å². The second-order valence-electron chi connectivity index (χ2n) is 7.63. The molecule has 32 heavy (non-hydrogen) atoms. The summed E-state index contributed by atoms with van der Waals surface area (Å²) in [4.78, 5) is 28.8. The molecule has 2 N–H and O–H groups in total. The smallest absolute Gasteiger partial charge is 0.309 e. The van der Waals surface area contributed by atoms with Crippen molar-refractivity contribution in [2.45, 2.75) is 13.0 Å². The lowest BCUT2D eigenvalue weighted by molar-refractivity contribution is -0.139. The molecule has 0 saturated carbocycles. The van der Waals surface area contributed by atoms with Crippen molar-refractivity contribution >= 4 is 17.5 Å². The van der Waals surface area contributed by atoms with Crippen molar-refractivity contribution in [2.75, 3.05) is 58.4 Å². The van der Waals surface area contributed by atoms with Crippen molar-refractivity contribution in [3.8, 4) is 11.5 Å². The maximum Gasteiger partial charge on any atom is 0.309 e. The summed E-state index contributed by atoms with van der Waals surface area (Å²) in [6.07, 6.45) is 0.800. The monoisotopic (exact) mass is 440 g/mol. The fourth-order valence-electron chi connectivity index (χ4n) is 3.71. The number of benzene rings is 2. The summed E-state index contributed by atoms with van der Waals surface area (Å²) < 4.78 is 10.5. The maximum atomic E-state index is 12.0. The number of carbonyl (C=O) groups excluding carboxylic acids is 2. The Bertz CT molecular complexity index is 880. The lowest BCUT2D eigenvalue weighted by Gasteiger charge is -2.36. The van der Waals surface area contributed by atoms with Crippen LogP contribution in [0.25, 0.3) is 0 Å². The molecule has 0 spiro atoms. The minimum Gasteiger partial charge on any atom is -0.497 e. The number of nitrogens with one attached hydrogen (secondary N) is 2. The second kappa shape index (κ2) is 12.0. The van der Waals surface area contributed by atoms with Crippen molar-refractivity contribution in [3.05, 3.63) is 54.1 Å². The molecule has 8 heteroatoms. The van der Waals surface area contributed by atoms with Crippen LogP contribution in [-0.2, 0) is 16.1 Å². The van der Waals surface area contributed by atoms with Crippen LogP contribution in [0.2, 0.25) is 0 Å². The van der Waals surface area contributed by atoms with Gasteiger partial charge in [0.1, 0.15) is 11.5 Å². The highest BCUT2D eigenvalue weighted by Gasteiger charge is 2.17. The zero-order valence-electron chi connectivity index (χ0n) is 18.8.